The fourth-order valence-corrected chi connectivity index (χ4v) is 3.76. The molecule has 39 heavy (non-hydrogen) atoms. The topological polar surface area (TPSA) is 113 Å². The van der Waals surface area contributed by atoms with Gasteiger partial charge in [0.25, 0.3) is 0 Å². The second-order valence-corrected chi connectivity index (χ2v) is 9.93. The number of Topliss-reactive ketones (excluding diaryl/α,β-unsaturated/α-hetero) is 5. The van der Waals surface area contributed by atoms with E-state index in [1.54, 1.807) is 20.8 Å². The Morgan fingerprint density at radius 3 is 1.44 bits per heavy atom. The van der Waals surface area contributed by atoms with Gasteiger partial charge in [0.1, 0.15) is 24.0 Å². The van der Waals surface area contributed by atoms with Gasteiger partial charge in [0.05, 0.1) is 30.9 Å². The summed E-state index contributed by atoms with van der Waals surface area (Å²) < 4.78 is 16.1. The molecule has 0 radical (unpaired) electrons. The maximum Gasteiger partial charge on any atom is 0.181 e. The first-order valence-electron chi connectivity index (χ1n) is 12.1. The smallest absolute Gasteiger partial charge is 0.181 e. The largest absolute Gasteiger partial charge is 0.496 e. The molecule has 0 atom stereocenters. The van der Waals surface area contributed by atoms with E-state index in [1.165, 1.54) is 64.5 Å². The highest BCUT2D eigenvalue weighted by Crippen LogP contribution is 2.30. The number of hydrogen-bond acceptors (Lipinski definition) is 8. The van der Waals surface area contributed by atoms with Gasteiger partial charge in [-0.05, 0) is 70.0 Å². The van der Waals surface area contributed by atoms with Crippen LogP contribution in [0.25, 0.3) is 11.1 Å². The fourth-order valence-electron chi connectivity index (χ4n) is 3.76. The monoisotopic (exact) mass is 534 g/mol. The van der Waals surface area contributed by atoms with E-state index >= 15 is 0 Å². The molecule has 0 aromatic heterocycles. The number of hydrogen-bond donors (Lipinski definition) is 0. The molecular formula is C31H34O8. The Balaban J connectivity index is 2.52. The molecule has 0 bridgehead atoms. The summed E-state index contributed by atoms with van der Waals surface area (Å²) in [7, 11) is 2.76. The van der Waals surface area contributed by atoms with Crippen LogP contribution in [0.1, 0.15) is 66.5 Å². The molecule has 0 N–H and O–H groups in total. The molecule has 206 valence electrons. The third-order valence-electron chi connectivity index (χ3n) is 5.95. The summed E-state index contributed by atoms with van der Waals surface area (Å²) in [6.07, 6.45) is 0. The lowest BCUT2D eigenvalue weighted by molar-refractivity contribution is -0.141. The first-order valence-corrected chi connectivity index (χ1v) is 12.1. The van der Waals surface area contributed by atoms with Crippen molar-refractivity contribution in [2.45, 2.75) is 40.2 Å². The maximum absolute atomic E-state index is 13.7. The van der Waals surface area contributed by atoms with Gasteiger partial charge in [0, 0.05) is 11.1 Å². The maximum atomic E-state index is 13.7. The Hall–Kier alpha value is -4.17. The molecule has 8 heteroatoms. The van der Waals surface area contributed by atoms with Crippen LogP contribution in [0.15, 0.2) is 49.6 Å². The first kappa shape index (κ1) is 31.1. The lowest BCUT2D eigenvalue weighted by Gasteiger charge is -2.22. The number of ether oxygens (including phenoxy) is 3. The number of benzene rings is 2. The van der Waals surface area contributed by atoms with Crippen LogP contribution in [0.3, 0.4) is 0 Å². The van der Waals surface area contributed by atoms with Gasteiger partial charge in [-0.3, -0.25) is 24.0 Å². The van der Waals surface area contributed by atoms with Crippen molar-refractivity contribution in [3.8, 4) is 11.5 Å². The standard InChI is InChI=1S/C31H34O8/c1-17(21-10-12-23(19(3)32)26(14-21)37-8)29(35)28(25(34)16-39-31(5,6)7)30(36)18(2)22-11-13-24(20(4)33)27(15-22)38-9/h10-15,28H,1-2,16H2,3-9H3. The average molecular weight is 535 g/mol. The van der Waals surface area contributed by atoms with Gasteiger partial charge in [-0.15, -0.1) is 0 Å². The molecular weight excluding hydrogens is 500 g/mol. The van der Waals surface area contributed by atoms with Gasteiger partial charge in [0.2, 0.25) is 0 Å². The minimum Gasteiger partial charge on any atom is -0.496 e. The molecule has 0 aliphatic rings. The van der Waals surface area contributed by atoms with Gasteiger partial charge < -0.3 is 14.2 Å². The van der Waals surface area contributed by atoms with Crippen molar-refractivity contribution in [1.82, 2.24) is 0 Å². The van der Waals surface area contributed by atoms with Crippen LogP contribution in [-0.2, 0) is 19.1 Å². The summed E-state index contributed by atoms with van der Waals surface area (Å²) in [6, 6.07) is 8.87. The third kappa shape index (κ3) is 7.45. The van der Waals surface area contributed by atoms with E-state index in [9.17, 15) is 24.0 Å². The Morgan fingerprint density at radius 2 is 1.13 bits per heavy atom. The molecule has 0 heterocycles. The predicted molar refractivity (Wildman–Crippen MR) is 148 cm³/mol. The summed E-state index contributed by atoms with van der Waals surface area (Å²) in [5.41, 5.74) is 0.225. The number of allylic oxidation sites excluding steroid dienone is 2. The number of carbonyl (C=O) groups excluding carboxylic acids is 5. The molecule has 8 nitrogen and oxygen atoms in total. The Kier molecular flexibility index (Phi) is 10.0. The fraction of sp³-hybridized carbons (Fsp3) is 0.323. The molecule has 0 saturated heterocycles. The highest BCUT2D eigenvalue weighted by molar-refractivity contribution is 6.42. The zero-order valence-corrected chi connectivity index (χ0v) is 23.4. The van der Waals surface area contributed by atoms with E-state index in [-0.39, 0.29) is 45.3 Å². The van der Waals surface area contributed by atoms with Crippen LogP contribution in [-0.4, -0.2) is 55.3 Å². The van der Waals surface area contributed by atoms with Crippen molar-refractivity contribution in [3.05, 3.63) is 71.8 Å². The van der Waals surface area contributed by atoms with E-state index in [0.29, 0.717) is 11.1 Å². The van der Waals surface area contributed by atoms with Crippen molar-refractivity contribution in [2.24, 2.45) is 5.92 Å². The summed E-state index contributed by atoms with van der Waals surface area (Å²) in [5, 5.41) is 0. The zero-order valence-electron chi connectivity index (χ0n) is 23.4. The summed E-state index contributed by atoms with van der Waals surface area (Å²) in [6.45, 7) is 15.2. The van der Waals surface area contributed by atoms with E-state index in [2.05, 4.69) is 13.2 Å². The lowest BCUT2D eigenvalue weighted by Crippen LogP contribution is -2.37. The Labute approximate surface area is 228 Å². The van der Waals surface area contributed by atoms with Crippen molar-refractivity contribution in [1.29, 1.82) is 0 Å². The SMILES string of the molecule is C=C(C(=O)C(C(=O)COC(C)(C)C)C(=O)C(=C)c1ccc(C(C)=O)c(OC)c1)c1ccc(C(C)=O)c(OC)c1. The van der Waals surface area contributed by atoms with Gasteiger partial charge in [-0.25, -0.2) is 0 Å². The van der Waals surface area contributed by atoms with E-state index < -0.39 is 35.5 Å². The van der Waals surface area contributed by atoms with Crippen molar-refractivity contribution >= 4 is 40.1 Å². The summed E-state index contributed by atoms with van der Waals surface area (Å²) >= 11 is 0. The minimum absolute atomic E-state index is 0.122. The van der Waals surface area contributed by atoms with E-state index in [1.807, 2.05) is 0 Å². The average Bonchev–Trinajstić information content (AvgIpc) is 2.89. The molecule has 0 aliphatic carbocycles. The van der Waals surface area contributed by atoms with Crippen LogP contribution in [0, 0.1) is 5.92 Å². The number of methoxy groups -OCH3 is 2. The molecule has 0 amide bonds. The van der Waals surface area contributed by atoms with E-state index in [4.69, 9.17) is 14.2 Å². The zero-order chi connectivity index (χ0) is 29.7. The van der Waals surface area contributed by atoms with Crippen LogP contribution >= 0.6 is 0 Å². The van der Waals surface area contributed by atoms with Gasteiger partial charge >= 0.3 is 0 Å². The second kappa shape index (κ2) is 12.6. The van der Waals surface area contributed by atoms with E-state index in [0.717, 1.165) is 0 Å². The Bertz CT molecular complexity index is 1270. The lowest BCUT2D eigenvalue weighted by atomic mass is 9.83. The van der Waals surface area contributed by atoms with Crippen LogP contribution < -0.4 is 9.47 Å². The molecule has 2 aromatic rings. The van der Waals surface area contributed by atoms with Crippen molar-refractivity contribution < 1.29 is 38.2 Å². The summed E-state index contributed by atoms with van der Waals surface area (Å²) in [4.78, 5) is 64.4. The second-order valence-electron chi connectivity index (χ2n) is 9.93. The quantitative estimate of drug-likeness (QED) is 0.201. The van der Waals surface area contributed by atoms with Crippen LogP contribution in [0.5, 0.6) is 11.5 Å². The Morgan fingerprint density at radius 1 is 0.744 bits per heavy atom. The highest BCUT2D eigenvalue weighted by Gasteiger charge is 2.37. The number of ketones is 5. The third-order valence-corrected chi connectivity index (χ3v) is 5.95. The van der Waals surface area contributed by atoms with Gasteiger partial charge in [-0.1, -0.05) is 25.3 Å². The molecule has 2 aromatic carbocycles. The normalized spacial score (nSPS) is 11.1. The molecule has 0 saturated carbocycles. The predicted octanol–water partition coefficient (Wildman–Crippen LogP) is 4.97. The summed E-state index contributed by atoms with van der Waals surface area (Å²) in [5.74, 6) is -4.25. The first-order chi connectivity index (χ1) is 18.1. The number of carbonyl (C=O) groups is 5. The molecule has 0 fully saturated rings. The van der Waals surface area contributed by atoms with Gasteiger partial charge in [0.15, 0.2) is 28.9 Å². The van der Waals surface area contributed by atoms with Crippen molar-refractivity contribution in [3.63, 3.8) is 0 Å². The molecule has 0 aliphatic heterocycles. The van der Waals surface area contributed by atoms with Crippen LogP contribution in [0.2, 0.25) is 0 Å². The highest BCUT2D eigenvalue weighted by atomic mass is 16.5. The molecule has 0 unspecified atom stereocenters. The van der Waals surface area contributed by atoms with Crippen molar-refractivity contribution in [2.75, 3.05) is 20.8 Å². The van der Waals surface area contributed by atoms with Crippen LogP contribution in [0.4, 0.5) is 0 Å². The molecule has 0 spiro atoms. The van der Waals surface area contributed by atoms with Gasteiger partial charge in [-0.2, -0.15) is 0 Å². The minimum atomic E-state index is -1.79. The molecule has 2 rings (SSSR count). The number of rotatable bonds is 13.